The van der Waals surface area contributed by atoms with E-state index in [1.807, 2.05) is 52.0 Å². The highest BCUT2D eigenvalue weighted by Gasteiger charge is 2.33. The van der Waals surface area contributed by atoms with Gasteiger partial charge in [-0.2, -0.15) is 0 Å². The molecule has 0 aliphatic carbocycles. The third-order valence-corrected chi connectivity index (χ3v) is 8.93. The molecular formula is C31H38ClN3O5S. The lowest BCUT2D eigenvalue weighted by atomic mass is 10.1. The fourth-order valence-corrected chi connectivity index (χ4v) is 5.70. The van der Waals surface area contributed by atoms with Gasteiger partial charge in [0.1, 0.15) is 18.3 Å². The zero-order valence-corrected chi connectivity index (χ0v) is 25.7. The van der Waals surface area contributed by atoms with Crippen LogP contribution in [0.3, 0.4) is 0 Å². The second kappa shape index (κ2) is 14.4. The molecule has 0 spiro atoms. The molecular weight excluding hydrogens is 562 g/mol. The molecule has 0 saturated heterocycles. The van der Waals surface area contributed by atoms with Crippen molar-refractivity contribution in [2.24, 2.45) is 0 Å². The van der Waals surface area contributed by atoms with E-state index >= 15 is 0 Å². The van der Waals surface area contributed by atoms with E-state index in [9.17, 15) is 18.0 Å². The lowest BCUT2D eigenvalue weighted by molar-refractivity contribution is -0.139. The van der Waals surface area contributed by atoms with Crippen LogP contribution >= 0.6 is 11.6 Å². The SMILES string of the molecule is CCOc1ccc(N(CC(=O)N(Cc2ccccc2C)[C@H](C)C(=O)N[C@H](C)CC)S(=O)(=O)c2ccc(Cl)cc2)cc1. The molecule has 0 saturated carbocycles. The van der Waals surface area contributed by atoms with Gasteiger partial charge in [0.15, 0.2) is 0 Å². The second-order valence-electron chi connectivity index (χ2n) is 9.83. The molecule has 0 bridgehead atoms. The lowest BCUT2D eigenvalue weighted by Crippen LogP contribution is -2.52. The molecule has 3 aromatic carbocycles. The van der Waals surface area contributed by atoms with E-state index in [1.165, 1.54) is 29.2 Å². The molecule has 220 valence electrons. The van der Waals surface area contributed by atoms with E-state index < -0.39 is 28.5 Å². The van der Waals surface area contributed by atoms with Crippen LogP contribution in [0.15, 0.2) is 77.7 Å². The maximum Gasteiger partial charge on any atom is 0.264 e. The monoisotopic (exact) mass is 599 g/mol. The fraction of sp³-hybridized carbons (Fsp3) is 0.355. The highest BCUT2D eigenvalue weighted by molar-refractivity contribution is 7.92. The highest BCUT2D eigenvalue weighted by Crippen LogP contribution is 2.27. The van der Waals surface area contributed by atoms with Crippen molar-refractivity contribution >= 4 is 39.1 Å². The average Bonchev–Trinajstić information content (AvgIpc) is 2.95. The number of rotatable bonds is 13. The first kappa shape index (κ1) is 32.0. The Kier molecular flexibility index (Phi) is 11.2. The maximum atomic E-state index is 14.0. The van der Waals surface area contributed by atoms with Gasteiger partial charge in [-0.3, -0.25) is 13.9 Å². The molecule has 2 amide bonds. The number of sulfonamides is 1. The number of nitrogens with one attached hydrogen (secondary N) is 1. The van der Waals surface area contributed by atoms with Gasteiger partial charge in [0.2, 0.25) is 11.8 Å². The van der Waals surface area contributed by atoms with Crippen LogP contribution in [0.5, 0.6) is 5.75 Å². The van der Waals surface area contributed by atoms with Gasteiger partial charge >= 0.3 is 0 Å². The Bertz CT molecular complexity index is 1430. The quantitative estimate of drug-likeness (QED) is 0.277. The van der Waals surface area contributed by atoms with Gasteiger partial charge in [-0.05, 0) is 93.8 Å². The number of carbonyl (C=O) groups is 2. The molecule has 0 aliphatic rings. The minimum absolute atomic E-state index is 0.0170. The van der Waals surface area contributed by atoms with E-state index in [0.717, 1.165) is 21.9 Å². The second-order valence-corrected chi connectivity index (χ2v) is 12.1. The Labute approximate surface area is 248 Å². The summed E-state index contributed by atoms with van der Waals surface area (Å²) in [4.78, 5) is 28.6. The zero-order chi connectivity index (χ0) is 30.2. The number of ether oxygens (including phenoxy) is 1. The summed E-state index contributed by atoms with van der Waals surface area (Å²) in [6.07, 6.45) is 0.731. The number of benzene rings is 3. The minimum Gasteiger partial charge on any atom is -0.494 e. The summed E-state index contributed by atoms with van der Waals surface area (Å²) >= 11 is 6.01. The summed E-state index contributed by atoms with van der Waals surface area (Å²) < 4.78 is 34.4. The molecule has 0 radical (unpaired) electrons. The van der Waals surface area contributed by atoms with Gasteiger partial charge in [0.05, 0.1) is 17.2 Å². The summed E-state index contributed by atoms with van der Waals surface area (Å²) in [6, 6.07) is 18.9. The third-order valence-electron chi connectivity index (χ3n) is 6.89. The normalized spacial score (nSPS) is 12.7. The predicted octanol–water partition coefficient (Wildman–Crippen LogP) is 5.57. The fourth-order valence-electron chi connectivity index (χ4n) is 4.16. The van der Waals surface area contributed by atoms with Crippen molar-refractivity contribution in [2.75, 3.05) is 17.5 Å². The molecule has 10 heteroatoms. The van der Waals surface area contributed by atoms with Gasteiger partial charge < -0.3 is 15.0 Å². The first-order valence-electron chi connectivity index (χ1n) is 13.6. The summed E-state index contributed by atoms with van der Waals surface area (Å²) in [5, 5.41) is 3.33. The zero-order valence-electron chi connectivity index (χ0n) is 24.1. The van der Waals surface area contributed by atoms with Crippen molar-refractivity contribution in [1.82, 2.24) is 10.2 Å². The van der Waals surface area contributed by atoms with Crippen LogP contribution in [0.1, 0.15) is 45.2 Å². The smallest absolute Gasteiger partial charge is 0.264 e. The molecule has 0 heterocycles. The summed E-state index contributed by atoms with van der Waals surface area (Å²) in [7, 11) is -4.19. The molecule has 3 rings (SSSR count). The van der Waals surface area contributed by atoms with E-state index in [2.05, 4.69) is 5.32 Å². The number of carbonyl (C=O) groups excluding carboxylic acids is 2. The van der Waals surface area contributed by atoms with E-state index in [4.69, 9.17) is 16.3 Å². The van der Waals surface area contributed by atoms with Crippen molar-refractivity contribution in [3.63, 3.8) is 0 Å². The Balaban J connectivity index is 2.04. The van der Waals surface area contributed by atoms with Crippen molar-refractivity contribution in [3.8, 4) is 5.75 Å². The standard InChI is InChI=1S/C31H38ClN3O5S/c1-6-23(4)33-31(37)24(5)34(20-25-11-9-8-10-22(25)3)30(36)21-35(27-14-16-28(17-15-27)40-7-2)41(38,39)29-18-12-26(32)13-19-29/h8-19,23-24H,6-7,20-21H2,1-5H3,(H,33,37)/t23-,24-/m1/s1. The number of halogens is 1. The van der Waals surface area contributed by atoms with Gasteiger partial charge in [-0.15, -0.1) is 0 Å². The van der Waals surface area contributed by atoms with Crippen molar-refractivity contribution in [1.29, 1.82) is 0 Å². The Hall–Kier alpha value is -3.56. The Morgan fingerprint density at radius 3 is 2.17 bits per heavy atom. The topological polar surface area (TPSA) is 96.0 Å². The van der Waals surface area contributed by atoms with Crippen LogP contribution in [-0.4, -0.2) is 50.4 Å². The van der Waals surface area contributed by atoms with Crippen LogP contribution in [-0.2, 0) is 26.2 Å². The summed E-state index contributed by atoms with van der Waals surface area (Å²) in [6.45, 7) is 9.36. The number of nitrogens with zero attached hydrogens (tertiary/aromatic N) is 2. The largest absolute Gasteiger partial charge is 0.494 e. The molecule has 3 aromatic rings. The van der Waals surface area contributed by atoms with Gasteiger partial charge in [0.25, 0.3) is 10.0 Å². The van der Waals surface area contributed by atoms with E-state index in [1.54, 1.807) is 31.2 Å². The van der Waals surface area contributed by atoms with Crippen molar-refractivity contribution < 1.29 is 22.7 Å². The molecule has 41 heavy (non-hydrogen) atoms. The van der Waals surface area contributed by atoms with Crippen LogP contribution in [0.4, 0.5) is 5.69 Å². The van der Waals surface area contributed by atoms with Crippen molar-refractivity contribution in [2.45, 2.75) is 64.6 Å². The van der Waals surface area contributed by atoms with Crippen LogP contribution in [0.2, 0.25) is 5.02 Å². The highest BCUT2D eigenvalue weighted by atomic mass is 35.5. The number of amides is 2. The third kappa shape index (κ3) is 8.24. The number of anilines is 1. The molecule has 0 fully saturated rings. The number of hydrogen-bond donors (Lipinski definition) is 1. The molecule has 1 N–H and O–H groups in total. The van der Waals surface area contributed by atoms with E-state index in [0.29, 0.717) is 17.4 Å². The Morgan fingerprint density at radius 1 is 0.951 bits per heavy atom. The van der Waals surface area contributed by atoms with Gasteiger partial charge in [-0.1, -0.05) is 42.8 Å². The lowest BCUT2D eigenvalue weighted by Gasteiger charge is -2.32. The minimum atomic E-state index is -4.19. The molecule has 2 atom stereocenters. The molecule has 0 unspecified atom stereocenters. The van der Waals surface area contributed by atoms with Crippen molar-refractivity contribution in [3.05, 3.63) is 88.9 Å². The molecule has 8 nitrogen and oxygen atoms in total. The summed E-state index contributed by atoms with van der Waals surface area (Å²) in [5.74, 6) is -0.260. The average molecular weight is 600 g/mol. The van der Waals surface area contributed by atoms with Crippen LogP contribution in [0.25, 0.3) is 0 Å². The van der Waals surface area contributed by atoms with Crippen LogP contribution < -0.4 is 14.4 Å². The molecule has 0 aliphatic heterocycles. The summed E-state index contributed by atoms with van der Waals surface area (Å²) in [5.41, 5.74) is 2.10. The number of hydrogen-bond acceptors (Lipinski definition) is 5. The predicted molar refractivity (Wildman–Crippen MR) is 163 cm³/mol. The molecule has 0 aromatic heterocycles. The number of aryl methyl sites for hydroxylation is 1. The van der Waals surface area contributed by atoms with Gasteiger partial charge in [0, 0.05) is 17.6 Å². The van der Waals surface area contributed by atoms with Crippen LogP contribution in [0, 0.1) is 6.92 Å². The maximum absolute atomic E-state index is 14.0. The van der Waals surface area contributed by atoms with E-state index in [-0.39, 0.29) is 29.1 Å². The van der Waals surface area contributed by atoms with Gasteiger partial charge in [-0.25, -0.2) is 8.42 Å². The first-order valence-corrected chi connectivity index (χ1v) is 15.4. The first-order chi connectivity index (χ1) is 19.5. The Morgan fingerprint density at radius 2 is 1.59 bits per heavy atom.